The molecule has 4 nitrogen and oxygen atoms in total. The number of nitrogen functional groups attached to an aromatic ring is 1. The van der Waals surface area contributed by atoms with E-state index >= 15 is 0 Å². The minimum Gasteiger partial charge on any atom is -0.397 e. The Labute approximate surface area is 185 Å². The SMILES string of the molecule is Nc1cc(NC(=O)NCCCCC(c2ccc(F)cc2)c2ccc(F)cc2)ccc1Cl. The molecule has 0 aliphatic rings. The fraction of sp³-hybridized carbons (Fsp3) is 0.208. The summed E-state index contributed by atoms with van der Waals surface area (Å²) in [4.78, 5) is 12.0. The third-order valence-electron chi connectivity index (χ3n) is 5.00. The predicted molar refractivity (Wildman–Crippen MR) is 121 cm³/mol. The minimum absolute atomic E-state index is 0.0204. The Morgan fingerprint density at radius 1 is 0.903 bits per heavy atom. The Morgan fingerprint density at radius 2 is 1.48 bits per heavy atom. The normalized spacial score (nSPS) is 10.8. The van der Waals surface area contributed by atoms with Gasteiger partial charge in [0.2, 0.25) is 0 Å². The molecule has 0 heterocycles. The number of nitrogens with two attached hydrogens (primary N) is 1. The summed E-state index contributed by atoms with van der Waals surface area (Å²) in [6, 6.07) is 17.3. The van der Waals surface area contributed by atoms with Crippen LogP contribution in [0.2, 0.25) is 5.02 Å². The third kappa shape index (κ3) is 6.69. The molecular formula is C24H24ClF2N3O. The zero-order valence-electron chi connectivity index (χ0n) is 16.9. The number of hydrogen-bond acceptors (Lipinski definition) is 2. The lowest BCUT2D eigenvalue weighted by Gasteiger charge is -2.18. The highest BCUT2D eigenvalue weighted by Crippen LogP contribution is 2.30. The molecule has 0 unspecified atom stereocenters. The summed E-state index contributed by atoms with van der Waals surface area (Å²) >= 11 is 5.87. The summed E-state index contributed by atoms with van der Waals surface area (Å²) in [7, 11) is 0. The van der Waals surface area contributed by atoms with Crippen molar-refractivity contribution in [1.29, 1.82) is 0 Å². The van der Waals surface area contributed by atoms with Crippen molar-refractivity contribution in [2.45, 2.75) is 25.2 Å². The van der Waals surface area contributed by atoms with Crippen LogP contribution in [-0.2, 0) is 0 Å². The molecule has 2 amide bonds. The van der Waals surface area contributed by atoms with E-state index in [0.717, 1.165) is 30.4 Å². The van der Waals surface area contributed by atoms with Crippen LogP contribution >= 0.6 is 11.6 Å². The molecule has 0 saturated carbocycles. The Balaban J connectivity index is 1.51. The van der Waals surface area contributed by atoms with E-state index in [1.54, 1.807) is 42.5 Å². The van der Waals surface area contributed by atoms with Crippen molar-refractivity contribution in [2.24, 2.45) is 0 Å². The summed E-state index contributed by atoms with van der Waals surface area (Å²) in [5.41, 5.74) is 8.63. The van der Waals surface area contributed by atoms with Crippen molar-refractivity contribution in [3.05, 3.63) is 94.5 Å². The van der Waals surface area contributed by atoms with Crippen molar-refractivity contribution in [3.8, 4) is 0 Å². The number of amides is 2. The van der Waals surface area contributed by atoms with Crippen LogP contribution in [0.5, 0.6) is 0 Å². The highest BCUT2D eigenvalue weighted by atomic mass is 35.5. The first-order chi connectivity index (χ1) is 14.9. The van der Waals surface area contributed by atoms with Crippen LogP contribution < -0.4 is 16.4 Å². The average molecular weight is 444 g/mol. The second-order valence-electron chi connectivity index (χ2n) is 7.27. The molecule has 0 aromatic heterocycles. The van der Waals surface area contributed by atoms with Gasteiger partial charge in [0.25, 0.3) is 0 Å². The minimum atomic E-state index is -0.324. The molecule has 0 saturated heterocycles. The topological polar surface area (TPSA) is 67.1 Å². The number of benzene rings is 3. The molecule has 3 aromatic rings. The van der Waals surface area contributed by atoms with Gasteiger partial charge in [0.15, 0.2) is 0 Å². The molecule has 31 heavy (non-hydrogen) atoms. The Kier molecular flexibility index (Phi) is 7.84. The number of urea groups is 1. The van der Waals surface area contributed by atoms with E-state index in [0.29, 0.717) is 22.9 Å². The number of halogens is 3. The summed E-state index contributed by atoms with van der Waals surface area (Å²) in [5, 5.41) is 5.96. The number of carbonyl (C=O) groups is 1. The molecule has 0 atom stereocenters. The molecule has 0 aliphatic heterocycles. The number of hydrogen-bond donors (Lipinski definition) is 3. The fourth-order valence-electron chi connectivity index (χ4n) is 3.39. The average Bonchev–Trinajstić information content (AvgIpc) is 2.75. The van der Waals surface area contributed by atoms with Crippen LogP contribution in [0, 0.1) is 11.6 Å². The highest BCUT2D eigenvalue weighted by Gasteiger charge is 2.14. The number of anilines is 2. The third-order valence-corrected chi connectivity index (χ3v) is 5.35. The summed E-state index contributed by atoms with van der Waals surface area (Å²) < 4.78 is 26.6. The molecular weight excluding hydrogens is 420 g/mol. The van der Waals surface area contributed by atoms with E-state index in [1.807, 2.05) is 0 Å². The Morgan fingerprint density at radius 3 is 2.03 bits per heavy atom. The lowest BCUT2D eigenvalue weighted by Crippen LogP contribution is -2.29. The van der Waals surface area contributed by atoms with Crippen LogP contribution in [0.15, 0.2) is 66.7 Å². The zero-order valence-corrected chi connectivity index (χ0v) is 17.6. The van der Waals surface area contributed by atoms with Gasteiger partial charge in [-0.25, -0.2) is 13.6 Å². The lowest BCUT2D eigenvalue weighted by atomic mass is 9.87. The van der Waals surface area contributed by atoms with E-state index in [1.165, 1.54) is 24.3 Å². The quantitative estimate of drug-likeness (QED) is 0.281. The van der Waals surface area contributed by atoms with E-state index in [2.05, 4.69) is 10.6 Å². The fourth-order valence-corrected chi connectivity index (χ4v) is 3.51. The molecule has 162 valence electrons. The molecule has 7 heteroatoms. The molecule has 0 spiro atoms. The first kappa shape index (κ1) is 22.6. The van der Waals surface area contributed by atoms with Gasteiger partial charge < -0.3 is 16.4 Å². The first-order valence-corrected chi connectivity index (χ1v) is 10.4. The maximum atomic E-state index is 13.3. The second kappa shape index (κ2) is 10.8. The standard InChI is InChI=1S/C24H24ClF2N3O/c25-22-13-12-20(15-23(22)28)30-24(31)29-14-2-1-3-21(16-4-8-18(26)9-5-16)17-6-10-19(27)11-7-17/h4-13,15,21H,1-3,14,28H2,(H2,29,30,31). The van der Waals surface area contributed by atoms with Crippen LogP contribution in [0.3, 0.4) is 0 Å². The maximum Gasteiger partial charge on any atom is 0.319 e. The lowest BCUT2D eigenvalue weighted by molar-refractivity contribution is 0.252. The molecule has 3 aromatic carbocycles. The van der Waals surface area contributed by atoms with Gasteiger partial charge >= 0.3 is 6.03 Å². The van der Waals surface area contributed by atoms with Crippen molar-refractivity contribution in [2.75, 3.05) is 17.6 Å². The molecule has 3 rings (SSSR count). The van der Waals surface area contributed by atoms with Gasteiger partial charge in [0.1, 0.15) is 11.6 Å². The summed E-state index contributed by atoms with van der Waals surface area (Å²) in [6.45, 7) is 0.495. The first-order valence-electron chi connectivity index (χ1n) is 10.0. The van der Waals surface area contributed by atoms with E-state index in [-0.39, 0.29) is 23.6 Å². The van der Waals surface area contributed by atoms with E-state index in [9.17, 15) is 13.6 Å². The largest absolute Gasteiger partial charge is 0.397 e. The number of rotatable bonds is 8. The molecule has 4 N–H and O–H groups in total. The van der Waals surface area contributed by atoms with Crippen LogP contribution in [0.4, 0.5) is 25.0 Å². The Hall–Kier alpha value is -3.12. The van der Waals surface area contributed by atoms with Crippen molar-refractivity contribution < 1.29 is 13.6 Å². The summed E-state index contributed by atoms with van der Waals surface area (Å²) in [6.07, 6.45) is 2.37. The zero-order chi connectivity index (χ0) is 22.2. The van der Waals surface area contributed by atoms with Crippen LogP contribution in [-0.4, -0.2) is 12.6 Å². The summed E-state index contributed by atoms with van der Waals surface area (Å²) in [5.74, 6) is -0.564. The molecule has 0 radical (unpaired) electrons. The van der Waals surface area contributed by atoms with Crippen molar-refractivity contribution >= 4 is 29.0 Å². The number of unbranched alkanes of at least 4 members (excludes halogenated alkanes) is 1. The van der Waals surface area contributed by atoms with Gasteiger partial charge in [0.05, 0.1) is 10.7 Å². The smallest absolute Gasteiger partial charge is 0.319 e. The van der Waals surface area contributed by atoms with Crippen molar-refractivity contribution in [3.63, 3.8) is 0 Å². The molecule has 0 fully saturated rings. The highest BCUT2D eigenvalue weighted by molar-refractivity contribution is 6.33. The van der Waals surface area contributed by atoms with Gasteiger partial charge in [0, 0.05) is 18.2 Å². The van der Waals surface area contributed by atoms with Gasteiger partial charge in [-0.15, -0.1) is 0 Å². The predicted octanol–water partition coefficient (Wildman–Crippen LogP) is 6.32. The maximum absolute atomic E-state index is 13.3. The molecule has 0 bridgehead atoms. The van der Waals surface area contributed by atoms with Gasteiger partial charge in [-0.3, -0.25) is 0 Å². The molecule has 0 aliphatic carbocycles. The van der Waals surface area contributed by atoms with Gasteiger partial charge in [-0.1, -0.05) is 42.3 Å². The van der Waals surface area contributed by atoms with Crippen LogP contribution in [0.25, 0.3) is 0 Å². The second-order valence-corrected chi connectivity index (χ2v) is 7.68. The Bertz CT molecular complexity index is 965. The van der Waals surface area contributed by atoms with Crippen molar-refractivity contribution in [1.82, 2.24) is 5.32 Å². The number of carbonyl (C=O) groups excluding carboxylic acids is 1. The van der Waals surface area contributed by atoms with E-state index in [4.69, 9.17) is 17.3 Å². The van der Waals surface area contributed by atoms with Gasteiger partial charge in [-0.05, 0) is 66.4 Å². The van der Waals surface area contributed by atoms with Gasteiger partial charge in [-0.2, -0.15) is 0 Å². The van der Waals surface area contributed by atoms with Crippen LogP contribution in [0.1, 0.15) is 36.3 Å². The van der Waals surface area contributed by atoms with E-state index < -0.39 is 0 Å². The monoisotopic (exact) mass is 443 g/mol. The number of nitrogens with one attached hydrogen (secondary N) is 2.